The van der Waals surface area contributed by atoms with Gasteiger partial charge in [0.2, 0.25) is 10.0 Å². The van der Waals surface area contributed by atoms with Crippen LogP contribution in [0.3, 0.4) is 0 Å². The van der Waals surface area contributed by atoms with Gasteiger partial charge < -0.3 is 9.64 Å². The van der Waals surface area contributed by atoms with Crippen LogP contribution in [0.15, 0.2) is 47.4 Å². The summed E-state index contributed by atoms with van der Waals surface area (Å²) in [4.78, 5) is 2.22. The minimum absolute atomic E-state index is 0.190. The molecule has 0 unspecified atom stereocenters. The van der Waals surface area contributed by atoms with Crippen LogP contribution in [0.5, 0.6) is 5.75 Å². The van der Waals surface area contributed by atoms with Crippen LogP contribution in [0.1, 0.15) is 11.4 Å². The molecule has 1 aliphatic rings. The van der Waals surface area contributed by atoms with Crippen LogP contribution in [0.4, 0.5) is 5.82 Å². The lowest BCUT2D eigenvalue weighted by Crippen LogP contribution is -2.49. The molecule has 10 heteroatoms. The Kier molecular flexibility index (Phi) is 5.44. The number of nitrogens with zero attached hydrogens (tertiary/aromatic N) is 6. The maximum atomic E-state index is 13.0. The fourth-order valence-electron chi connectivity index (χ4n) is 3.59. The van der Waals surface area contributed by atoms with Gasteiger partial charge in [-0.25, -0.2) is 13.1 Å². The van der Waals surface area contributed by atoms with Gasteiger partial charge in [0, 0.05) is 31.9 Å². The smallest absolute Gasteiger partial charge is 0.246 e. The van der Waals surface area contributed by atoms with Gasteiger partial charge in [-0.2, -0.15) is 9.40 Å². The number of para-hydroxylation sites is 1. The summed E-state index contributed by atoms with van der Waals surface area (Å²) in [6.45, 7) is 5.69. The van der Waals surface area contributed by atoms with Gasteiger partial charge in [-0.1, -0.05) is 12.1 Å². The molecule has 2 aromatic heterocycles. The Morgan fingerprint density at radius 2 is 1.60 bits per heavy atom. The molecule has 0 aliphatic carbocycles. The van der Waals surface area contributed by atoms with Crippen LogP contribution < -0.4 is 9.64 Å². The van der Waals surface area contributed by atoms with Gasteiger partial charge in [-0.3, -0.25) is 0 Å². The number of rotatable bonds is 5. The minimum Gasteiger partial charge on any atom is -0.495 e. The van der Waals surface area contributed by atoms with E-state index >= 15 is 0 Å². The van der Waals surface area contributed by atoms with E-state index in [9.17, 15) is 8.42 Å². The molecule has 3 aromatic rings. The molecule has 0 saturated carbocycles. The molecule has 1 aliphatic heterocycles. The molecule has 0 bridgehead atoms. The maximum Gasteiger partial charge on any atom is 0.246 e. The predicted molar refractivity (Wildman–Crippen MR) is 113 cm³/mol. The van der Waals surface area contributed by atoms with E-state index in [4.69, 9.17) is 4.74 Å². The number of aromatic nitrogens is 4. The summed E-state index contributed by atoms with van der Waals surface area (Å²) in [6.07, 6.45) is 0. The molecule has 1 aromatic carbocycles. The zero-order chi connectivity index (χ0) is 21.3. The van der Waals surface area contributed by atoms with Crippen molar-refractivity contribution in [1.29, 1.82) is 0 Å². The third kappa shape index (κ3) is 3.75. The molecule has 158 valence electrons. The average molecular weight is 429 g/mol. The second-order valence-corrected chi connectivity index (χ2v) is 9.04. The standard InChI is InChI=1S/C20H24N6O3S/c1-15-14-16(2)26(23-15)20-9-8-19(21-22-20)24-10-12-25(13-11-24)30(27,28)18-7-5-4-6-17(18)29-3/h4-9,14H,10-13H2,1-3H3. The number of ether oxygens (including phenoxy) is 1. The first kappa shape index (κ1) is 20.3. The Balaban J connectivity index is 1.46. The molecular weight excluding hydrogens is 404 g/mol. The van der Waals surface area contributed by atoms with Crippen molar-refractivity contribution >= 4 is 15.8 Å². The van der Waals surface area contributed by atoms with Crippen LogP contribution in [0.2, 0.25) is 0 Å². The first-order valence-electron chi connectivity index (χ1n) is 9.65. The topological polar surface area (TPSA) is 93.5 Å². The number of hydrogen-bond donors (Lipinski definition) is 0. The highest BCUT2D eigenvalue weighted by atomic mass is 32.2. The molecule has 0 N–H and O–H groups in total. The molecule has 4 rings (SSSR count). The second kappa shape index (κ2) is 8.04. The molecule has 0 atom stereocenters. The van der Waals surface area contributed by atoms with Crippen molar-refractivity contribution in [2.45, 2.75) is 18.7 Å². The Hall–Kier alpha value is -2.98. The summed E-state index contributed by atoms with van der Waals surface area (Å²) in [5.74, 6) is 1.72. The van der Waals surface area contributed by atoms with Crippen molar-refractivity contribution < 1.29 is 13.2 Å². The zero-order valence-corrected chi connectivity index (χ0v) is 18.0. The van der Waals surface area contributed by atoms with E-state index in [0.717, 1.165) is 17.2 Å². The SMILES string of the molecule is COc1ccccc1S(=O)(=O)N1CCN(c2ccc(-n3nc(C)cc3C)nn2)CC1. The molecule has 1 fully saturated rings. The fraction of sp³-hybridized carbons (Fsp3) is 0.350. The van der Waals surface area contributed by atoms with Crippen molar-refractivity contribution in [3.63, 3.8) is 0 Å². The first-order chi connectivity index (χ1) is 14.4. The summed E-state index contributed by atoms with van der Waals surface area (Å²) in [6, 6.07) is 12.4. The number of anilines is 1. The van der Waals surface area contributed by atoms with Gasteiger partial charge >= 0.3 is 0 Å². The second-order valence-electron chi connectivity index (χ2n) is 7.13. The quantitative estimate of drug-likeness (QED) is 0.612. The molecule has 0 amide bonds. The minimum atomic E-state index is -3.62. The number of aryl methyl sites for hydroxylation is 2. The van der Waals surface area contributed by atoms with Crippen LogP contribution in [-0.2, 0) is 10.0 Å². The summed E-state index contributed by atoms with van der Waals surface area (Å²) in [5.41, 5.74) is 1.91. The normalized spacial score (nSPS) is 15.4. The Morgan fingerprint density at radius 1 is 0.933 bits per heavy atom. The van der Waals surface area contributed by atoms with Crippen molar-refractivity contribution in [2.75, 3.05) is 38.2 Å². The molecule has 9 nitrogen and oxygen atoms in total. The van der Waals surface area contributed by atoms with Gasteiger partial charge in [0.15, 0.2) is 11.6 Å². The van der Waals surface area contributed by atoms with Crippen molar-refractivity contribution in [2.24, 2.45) is 0 Å². The maximum absolute atomic E-state index is 13.0. The zero-order valence-electron chi connectivity index (χ0n) is 17.2. The number of piperazine rings is 1. The van der Waals surface area contributed by atoms with Crippen molar-refractivity contribution in [3.05, 3.63) is 53.9 Å². The van der Waals surface area contributed by atoms with Gasteiger partial charge in [0.1, 0.15) is 10.6 Å². The van der Waals surface area contributed by atoms with E-state index in [-0.39, 0.29) is 4.90 Å². The lowest BCUT2D eigenvalue weighted by atomic mass is 10.3. The summed E-state index contributed by atoms with van der Waals surface area (Å²) < 4.78 is 34.5. The molecule has 3 heterocycles. The first-order valence-corrected chi connectivity index (χ1v) is 11.1. The van der Waals surface area contributed by atoms with E-state index < -0.39 is 10.0 Å². The molecule has 0 spiro atoms. The van der Waals surface area contributed by atoms with Gasteiger partial charge in [-0.05, 0) is 44.2 Å². The van der Waals surface area contributed by atoms with Crippen LogP contribution in [0, 0.1) is 13.8 Å². The van der Waals surface area contributed by atoms with Crippen LogP contribution in [-0.4, -0.2) is 66.0 Å². The fourth-order valence-corrected chi connectivity index (χ4v) is 5.17. The summed E-state index contributed by atoms with van der Waals surface area (Å²) in [5, 5.41) is 13.0. The highest BCUT2D eigenvalue weighted by molar-refractivity contribution is 7.89. The van der Waals surface area contributed by atoms with E-state index in [1.807, 2.05) is 36.9 Å². The van der Waals surface area contributed by atoms with Gasteiger partial charge in [-0.15, -0.1) is 10.2 Å². The van der Waals surface area contributed by atoms with Crippen molar-refractivity contribution in [3.8, 4) is 11.6 Å². The average Bonchev–Trinajstić information content (AvgIpc) is 3.11. The highest BCUT2D eigenvalue weighted by Gasteiger charge is 2.31. The number of benzene rings is 1. The van der Waals surface area contributed by atoms with Crippen LogP contribution in [0.25, 0.3) is 5.82 Å². The van der Waals surface area contributed by atoms with Gasteiger partial charge in [0.05, 0.1) is 12.8 Å². The van der Waals surface area contributed by atoms with Crippen molar-refractivity contribution in [1.82, 2.24) is 24.3 Å². The largest absolute Gasteiger partial charge is 0.495 e. The molecule has 30 heavy (non-hydrogen) atoms. The number of methoxy groups -OCH3 is 1. The predicted octanol–water partition coefficient (Wildman–Crippen LogP) is 1.80. The monoisotopic (exact) mass is 428 g/mol. The number of hydrogen-bond acceptors (Lipinski definition) is 7. The molecule has 1 saturated heterocycles. The third-order valence-electron chi connectivity index (χ3n) is 5.11. The third-order valence-corrected chi connectivity index (χ3v) is 7.05. The van der Waals surface area contributed by atoms with E-state index in [1.54, 1.807) is 28.9 Å². The van der Waals surface area contributed by atoms with Crippen LogP contribution >= 0.6 is 0 Å². The van der Waals surface area contributed by atoms with E-state index in [1.165, 1.54) is 11.4 Å². The lowest BCUT2D eigenvalue weighted by molar-refractivity contribution is 0.373. The summed E-state index contributed by atoms with van der Waals surface area (Å²) >= 11 is 0. The highest BCUT2D eigenvalue weighted by Crippen LogP contribution is 2.27. The number of sulfonamides is 1. The lowest BCUT2D eigenvalue weighted by Gasteiger charge is -2.34. The molecular formula is C20H24N6O3S. The Bertz CT molecular complexity index is 1140. The van der Waals surface area contributed by atoms with E-state index in [0.29, 0.717) is 37.7 Å². The summed E-state index contributed by atoms with van der Waals surface area (Å²) in [7, 11) is -2.15. The van der Waals surface area contributed by atoms with Gasteiger partial charge in [0.25, 0.3) is 0 Å². The van der Waals surface area contributed by atoms with E-state index in [2.05, 4.69) is 15.3 Å². The molecule has 0 radical (unpaired) electrons. The Labute approximate surface area is 176 Å². The Morgan fingerprint density at radius 3 is 2.20 bits per heavy atom.